The Morgan fingerprint density at radius 2 is 2.06 bits per heavy atom. The monoisotopic (exact) mass is 525 g/mol. The number of carbonyl (C=O) groups is 1. The van der Waals surface area contributed by atoms with Crippen LogP contribution in [0, 0.1) is 24.1 Å². The standard InChI is InChI=1S/C23H23F4N5O3S/c1-5-8-35-17-11-29-16(10-30-17)18(33)31-13-6-7-15(24)14(9-13)21(3)12(2)22(4,36-20(28)32-21)19(34)23(25,26)27/h1,6-7,9-12,19,34H,8H2,2-4H3,(H2,28,32)(H,31,33)/t12-,19+,21-,22-/m0/s1. The second-order valence-electron chi connectivity index (χ2n) is 8.43. The summed E-state index contributed by atoms with van der Waals surface area (Å²) in [6.07, 6.45) is -0.236. The van der Waals surface area contributed by atoms with Gasteiger partial charge in [-0.1, -0.05) is 24.6 Å². The van der Waals surface area contributed by atoms with E-state index in [4.69, 9.17) is 16.9 Å². The Kier molecular flexibility index (Phi) is 7.52. The third-order valence-corrected chi connectivity index (χ3v) is 7.47. The lowest BCUT2D eigenvalue weighted by molar-refractivity contribution is -0.217. The zero-order valence-corrected chi connectivity index (χ0v) is 20.2. The Balaban J connectivity index is 1.93. The van der Waals surface area contributed by atoms with Gasteiger partial charge in [0.2, 0.25) is 5.88 Å². The van der Waals surface area contributed by atoms with Crippen molar-refractivity contribution in [3.8, 4) is 18.2 Å². The van der Waals surface area contributed by atoms with E-state index < -0.39 is 40.2 Å². The molecule has 2 aromatic rings. The summed E-state index contributed by atoms with van der Waals surface area (Å²) >= 11 is 0.582. The normalized spacial score (nSPS) is 24.9. The average Bonchev–Trinajstić information content (AvgIpc) is 2.81. The number of aliphatic imine (C=N–C) groups is 1. The minimum Gasteiger partial charge on any atom is -0.463 e. The van der Waals surface area contributed by atoms with Crippen LogP contribution < -0.4 is 15.8 Å². The minimum atomic E-state index is -4.94. The number of aromatic nitrogens is 2. The maximum atomic E-state index is 15.0. The van der Waals surface area contributed by atoms with Crippen LogP contribution in [-0.4, -0.2) is 49.8 Å². The molecule has 0 aliphatic carbocycles. The Bertz CT molecular complexity index is 1220. The summed E-state index contributed by atoms with van der Waals surface area (Å²) in [5.41, 5.74) is 4.20. The van der Waals surface area contributed by atoms with Gasteiger partial charge in [0, 0.05) is 17.2 Å². The number of halogens is 4. The summed E-state index contributed by atoms with van der Waals surface area (Å²) in [5.74, 6) is -0.115. The second kappa shape index (κ2) is 9.94. The molecule has 8 nitrogen and oxygen atoms in total. The van der Waals surface area contributed by atoms with Crippen LogP contribution in [0.5, 0.6) is 5.88 Å². The first-order valence-electron chi connectivity index (χ1n) is 10.5. The molecule has 0 saturated heterocycles. The smallest absolute Gasteiger partial charge is 0.415 e. The molecule has 36 heavy (non-hydrogen) atoms. The Morgan fingerprint density at radius 1 is 1.36 bits per heavy atom. The molecule has 4 N–H and O–H groups in total. The average molecular weight is 526 g/mol. The number of amidine groups is 1. The topological polar surface area (TPSA) is 123 Å². The molecular weight excluding hydrogens is 502 g/mol. The fourth-order valence-corrected chi connectivity index (χ4v) is 5.28. The van der Waals surface area contributed by atoms with E-state index in [-0.39, 0.29) is 34.6 Å². The summed E-state index contributed by atoms with van der Waals surface area (Å²) < 4.78 is 58.7. The molecule has 13 heteroatoms. The second-order valence-corrected chi connectivity index (χ2v) is 9.93. The van der Waals surface area contributed by atoms with Crippen molar-refractivity contribution < 1.29 is 32.2 Å². The lowest BCUT2D eigenvalue weighted by Crippen LogP contribution is -2.58. The number of nitrogens with zero attached hydrogens (tertiary/aromatic N) is 3. The van der Waals surface area contributed by atoms with E-state index in [1.165, 1.54) is 39.1 Å². The summed E-state index contributed by atoms with van der Waals surface area (Å²) in [6, 6.07) is 3.59. The van der Waals surface area contributed by atoms with Crippen LogP contribution >= 0.6 is 11.8 Å². The highest BCUT2D eigenvalue weighted by Gasteiger charge is 2.60. The van der Waals surface area contributed by atoms with Crippen LogP contribution in [0.1, 0.15) is 36.8 Å². The van der Waals surface area contributed by atoms with Crippen LogP contribution in [0.2, 0.25) is 0 Å². The lowest BCUT2D eigenvalue weighted by atomic mass is 9.71. The fraction of sp³-hybridized carbons (Fsp3) is 0.391. The number of terminal acetylenes is 1. The van der Waals surface area contributed by atoms with E-state index in [9.17, 15) is 23.1 Å². The molecule has 1 aromatic carbocycles. The van der Waals surface area contributed by atoms with Crippen molar-refractivity contribution in [3.05, 3.63) is 47.7 Å². The van der Waals surface area contributed by atoms with Crippen molar-refractivity contribution >= 4 is 28.5 Å². The van der Waals surface area contributed by atoms with Gasteiger partial charge in [-0.05, 0) is 32.0 Å². The molecule has 0 fully saturated rings. The third-order valence-electron chi connectivity index (χ3n) is 6.16. The molecule has 0 bridgehead atoms. The fourth-order valence-electron chi connectivity index (χ4n) is 3.94. The molecule has 0 spiro atoms. The van der Waals surface area contributed by atoms with E-state index in [1.54, 1.807) is 0 Å². The number of carbonyl (C=O) groups excluding carboxylic acids is 1. The number of alkyl halides is 3. The molecule has 1 amide bonds. The molecule has 0 saturated carbocycles. The number of aliphatic hydroxyl groups excluding tert-OH is 1. The van der Waals surface area contributed by atoms with E-state index in [2.05, 4.69) is 26.2 Å². The van der Waals surface area contributed by atoms with E-state index in [0.29, 0.717) is 11.8 Å². The number of rotatable bonds is 6. The van der Waals surface area contributed by atoms with Gasteiger partial charge in [0.15, 0.2) is 17.9 Å². The SMILES string of the molecule is C#CCOc1cnc(C(=O)Nc2ccc(F)c([C@@]3(C)N=C(N)S[C@](C)([C@@H](O)C(F)(F)F)[C@H]3C)c2)cn1. The van der Waals surface area contributed by atoms with E-state index >= 15 is 4.39 Å². The summed E-state index contributed by atoms with van der Waals surface area (Å²) in [6.45, 7) is 4.04. The maximum Gasteiger partial charge on any atom is 0.415 e. The van der Waals surface area contributed by atoms with Crippen molar-refractivity contribution in [2.45, 2.75) is 43.3 Å². The van der Waals surface area contributed by atoms with Gasteiger partial charge in [-0.3, -0.25) is 9.79 Å². The summed E-state index contributed by atoms with van der Waals surface area (Å²) in [7, 11) is 0. The zero-order chi connectivity index (χ0) is 26.9. The number of hydrogen-bond donors (Lipinski definition) is 3. The van der Waals surface area contributed by atoms with Crippen molar-refractivity contribution in [3.63, 3.8) is 0 Å². The lowest BCUT2D eigenvalue weighted by Gasteiger charge is -2.49. The van der Waals surface area contributed by atoms with Crippen LogP contribution in [0.3, 0.4) is 0 Å². The Labute approximate surface area is 208 Å². The number of thioether (sulfide) groups is 1. The molecule has 1 aliphatic heterocycles. The first-order valence-corrected chi connectivity index (χ1v) is 11.3. The van der Waals surface area contributed by atoms with Crippen LogP contribution in [0.15, 0.2) is 35.6 Å². The van der Waals surface area contributed by atoms with Crippen molar-refractivity contribution in [2.75, 3.05) is 11.9 Å². The maximum absolute atomic E-state index is 15.0. The van der Waals surface area contributed by atoms with Gasteiger partial charge < -0.3 is 20.9 Å². The number of amides is 1. The first-order chi connectivity index (χ1) is 16.7. The van der Waals surface area contributed by atoms with Gasteiger partial charge in [-0.2, -0.15) is 13.2 Å². The first kappa shape index (κ1) is 27.2. The molecule has 0 radical (unpaired) electrons. The highest BCUT2D eigenvalue weighted by atomic mass is 32.2. The Morgan fingerprint density at radius 3 is 2.64 bits per heavy atom. The van der Waals surface area contributed by atoms with Crippen molar-refractivity contribution in [2.24, 2.45) is 16.6 Å². The summed E-state index contributed by atoms with van der Waals surface area (Å²) in [4.78, 5) is 24.7. The number of benzene rings is 1. The highest BCUT2D eigenvalue weighted by Crippen LogP contribution is 2.54. The summed E-state index contributed by atoms with van der Waals surface area (Å²) in [5, 5.41) is 12.4. The molecule has 0 unspecified atom stereocenters. The largest absolute Gasteiger partial charge is 0.463 e. The van der Waals surface area contributed by atoms with Crippen LogP contribution in [-0.2, 0) is 5.54 Å². The van der Waals surface area contributed by atoms with Gasteiger partial charge in [-0.25, -0.2) is 14.4 Å². The molecule has 1 aliphatic rings. The molecular formula is C23H23F4N5O3S. The highest BCUT2D eigenvalue weighted by molar-refractivity contribution is 8.15. The van der Waals surface area contributed by atoms with Gasteiger partial charge in [0.25, 0.3) is 5.91 Å². The number of hydrogen-bond acceptors (Lipinski definition) is 8. The predicted octanol–water partition coefficient (Wildman–Crippen LogP) is 3.47. The zero-order valence-electron chi connectivity index (χ0n) is 19.4. The Hall–Kier alpha value is -3.37. The number of ether oxygens (including phenoxy) is 1. The van der Waals surface area contributed by atoms with Crippen LogP contribution in [0.4, 0.5) is 23.2 Å². The quantitative estimate of drug-likeness (QED) is 0.390. The molecule has 192 valence electrons. The van der Waals surface area contributed by atoms with E-state index in [0.717, 1.165) is 12.3 Å². The molecule has 3 rings (SSSR count). The number of anilines is 1. The van der Waals surface area contributed by atoms with Gasteiger partial charge in [-0.15, -0.1) is 6.42 Å². The molecule has 4 atom stereocenters. The van der Waals surface area contributed by atoms with Gasteiger partial charge in [0.05, 0.1) is 22.7 Å². The number of nitrogens with one attached hydrogen (secondary N) is 1. The van der Waals surface area contributed by atoms with Gasteiger partial charge >= 0.3 is 6.18 Å². The van der Waals surface area contributed by atoms with Crippen LogP contribution in [0.25, 0.3) is 0 Å². The number of nitrogens with two attached hydrogens (primary N) is 1. The van der Waals surface area contributed by atoms with Crippen molar-refractivity contribution in [1.29, 1.82) is 0 Å². The van der Waals surface area contributed by atoms with E-state index in [1.807, 2.05) is 0 Å². The predicted molar refractivity (Wildman–Crippen MR) is 127 cm³/mol. The number of aliphatic hydroxyl groups is 1. The molecule has 2 heterocycles. The van der Waals surface area contributed by atoms with Crippen molar-refractivity contribution in [1.82, 2.24) is 9.97 Å². The molecule has 1 aromatic heterocycles. The third kappa shape index (κ3) is 5.24. The minimum absolute atomic E-state index is 0.0275. The van der Waals surface area contributed by atoms with Gasteiger partial charge in [0.1, 0.15) is 11.5 Å².